The van der Waals surface area contributed by atoms with Crippen molar-refractivity contribution in [2.24, 2.45) is 0 Å². The zero-order chi connectivity index (χ0) is 24.0. The summed E-state index contributed by atoms with van der Waals surface area (Å²) < 4.78 is 21.3. The molecule has 0 saturated heterocycles. The molecule has 0 radical (unpaired) electrons. The Hall–Kier alpha value is -3.59. The second-order valence-electron chi connectivity index (χ2n) is 6.99. The van der Waals surface area contributed by atoms with E-state index in [4.69, 9.17) is 18.9 Å². The van der Waals surface area contributed by atoms with Crippen molar-refractivity contribution in [1.82, 2.24) is 4.98 Å². The second-order valence-corrected chi connectivity index (χ2v) is 7.82. The summed E-state index contributed by atoms with van der Waals surface area (Å²) in [5.41, 5.74) is 2.70. The van der Waals surface area contributed by atoms with Crippen LogP contribution in [0.15, 0.2) is 41.8 Å². The smallest absolute Gasteiger partial charge is 0.338 e. The topological polar surface area (TPSA) is 87.2 Å². The molecule has 0 aliphatic carbocycles. The number of nitrogens with zero attached hydrogens (tertiary/aromatic N) is 2. The molecule has 0 unspecified atom stereocenters. The number of anilines is 2. The molecule has 174 valence electrons. The van der Waals surface area contributed by atoms with Crippen molar-refractivity contribution in [3.05, 3.63) is 58.6 Å². The van der Waals surface area contributed by atoms with Crippen LogP contribution in [0.5, 0.6) is 17.2 Å². The van der Waals surface area contributed by atoms with Gasteiger partial charge in [-0.3, -0.25) is 9.69 Å². The van der Waals surface area contributed by atoms with Crippen LogP contribution in [0.25, 0.3) is 0 Å². The van der Waals surface area contributed by atoms with Gasteiger partial charge in [0, 0.05) is 12.3 Å². The number of aryl methyl sites for hydroxylation is 1. The summed E-state index contributed by atoms with van der Waals surface area (Å²) in [5, 5.41) is 2.26. The Balaban J connectivity index is 1.75. The average Bonchev–Trinajstić information content (AvgIpc) is 3.30. The number of hydrogen-bond donors (Lipinski definition) is 0. The molecule has 33 heavy (non-hydrogen) atoms. The Labute approximate surface area is 196 Å². The van der Waals surface area contributed by atoms with Crippen molar-refractivity contribution in [1.29, 1.82) is 0 Å². The lowest BCUT2D eigenvalue weighted by Gasteiger charge is -2.18. The average molecular weight is 471 g/mol. The molecule has 1 amide bonds. The first kappa shape index (κ1) is 24.1. The van der Waals surface area contributed by atoms with E-state index >= 15 is 0 Å². The summed E-state index contributed by atoms with van der Waals surface area (Å²) in [6.07, 6.45) is 0.916. The number of methoxy groups -OCH3 is 3. The molecule has 2 aromatic carbocycles. The van der Waals surface area contributed by atoms with Gasteiger partial charge < -0.3 is 18.9 Å². The van der Waals surface area contributed by atoms with Gasteiger partial charge in [-0.25, -0.2) is 9.78 Å². The van der Waals surface area contributed by atoms with Crippen LogP contribution in [0.4, 0.5) is 10.8 Å². The maximum atomic E-state index is 12.6. The number of esters is 1. The molecule has 8 nitrogen and oxygen atoms in total. The zero-order valence-corrected chi connectivity index (χ0v) is 20.0. The number of rotatable bonds is 9. The Morgan fingerprint density at radius 2 is 1.64 bits per heavy atom. The molecule has 0 fully saturated rings. The van der Waals surface area contributed by atoms with Gasteiger partial charge in [0.1, 0.15) is 6.61 Å². The fourth-order valence-electron chi connectivity index (χ4n) is 3.19. The second kappa shape index (κ2) is 10.8. The van der Waals surface area contributed by atoms with Crippen molar-refractivity contribution in [3.63, 3.8) is 0 Å². The lowest BCUT2D eigenvalue weighted by atomic mass is 10.1. The number of hydrogen-bond acceptors (Lipinski definition) is 8. The van der Waals surface area contributed by atoms with Crippen LogP contribution in [0, 0.1) is 0 Å². The minimum absolute atomic E-state index is 0.0491. The molecule has 0 aliphatic heterocycles. The summed E-state index contributed by atoms with van der Waals surface area (Å²) in [6.45, 7) is 3.51. The number of thiazole rings is 1. The largest absolute Gasteiger partial charge is 0.493 e. The summed E-state index contributed by atoms with van der Waals surface area (Å²) in [4.78, 5) is 31.0. The van der Waals surface area contributed by atoms with E-state index in [0.717, 1.165) is 12.1 Å². The van der Waals surface area contributed by atoms with Crippen molar-refractivity contribution in [2.45, 2.75) is 26.9 Å². The first-order valence-corrected chi connectivity index (χ1v) is 11.1. The van der Waals surface area contributed by atoms with Crippen molar-refractivity contribution >= 4 is 34.0 Å². The van der Waals surface area contributed by atoms with E-state index in [9.17, 15) is 9.59 Å². The number of benzene rings is 2. The predicted octanol–water partition coefficient (Wildman–Crippen LogP) is 4.77. The molecule has 0 saturated carbocycles. The van der Waals surface area contributed by atoms with Gasteiger partial charge in [0.15, 0.2) is 16.6 Å². The number of aromatic nitrogens is 1. The number of carbonyl (C=O) groups excluding carboxylic acids is 2. The van der Waals surface area contributed by atoms with E-state index in [2.05, 4.69) is 11.9 Å². The minimum Gasteiger partial charge on any atom is -0.493 e. The van der Waals surface area contributed by atoms with Gasteiger partial charge in [-0.1, -0.05) is 19.1 Å². The van der Waals surface area contributed by atoms with Gasteiger partial charge in [0.25, 0.3) is 0 Å². The van der Waals surface area contributed by atoms with Crippen molar-refractivity contribution < 1.29 is 28.5 Å². The van der Waals surface area contributed by atoms with Gasteiger partial charge in [0.05, 0.1) is 38.3 Å². The van der Waals surface area contributed by atoms with Crippen LogP contribution < -0.4 is 19.1 Å². The van der Waals surface area contributed by atoms with Crippen LogP contribution in [0.3, 0.4) is 0 Å². The predicted molar refractivity (Wildman–Crippen MR) is 126 cm³/mol. The number of ether oxygens (including phenoxy) is 4. The lowest BCUT2D eigenvalue weighted by molar-refractivity contribution is -0.115. The van der Waals surface area contributed by atoms with E-state index in [-0.39, 0.29) is 18.1 Å². The molecule has 3 rings (SSSR count). The molecule has 0 N–H and O–H groups in total. The first-order valence-electron chi connectivity index (χ1n) is 10.2. The minimum atomic E-state index is -0.567. The van der Waals surface area contributed by atoms with E-state index in [1.807, 2.05) is 24.3 Å². The third-order valence-electron chi connectivity index (χ3n) is 4.90. The summed E-state index contributed by atoms with van der Waals surface area (Å²) >= 11 is 1.30. The Morgan fingerprint density at radius 1 is 1.00 bits per heavy atom. The molecule has 0 aliphatic rings. The molecule has 3 aromatic rings. The third-order valence-corrected chi connectivity index (χ3v) is 5.77. The normalized spacial score (nSPS) is 10.5. The van der Waals surface area contributed by atoms with Crippen LogP contribution in [-0.4, -0.2) is 38.2 Å². The van der Waals surface area contributed by atoms with Crippen LogP contribution >= 0.6 is 11.3 Å². The Kier molecular flexibility index (Phi) is 7.89. The molecule has 0 atom stereocenters. The maximum absolute atomic E-state index is 12.6. The van der Waals surface area contributed by atoms with Crippen molar-refractivity contribution in [2.75, 3.05) is 26.2 Å². The molecular weight excluding hydrogens is 444 g/mol. The zero-order valence-electron chi connectivity index (χ0n) is 19.2. The summed E-state index contributed by atoms with van der Waals surface area (Å²) in [6, 6.07) is 10.8. The molecule has 9 heteroatoms. The van der Waals surface area contributed by atoms with Crippen LogP contribution in [0.2, 0.25) is 0 Å². The highest BCUT2D eigenvalue weighted by Gasteiger charge is 2.20. The SMILES string of the molecule is CCc1ccc(N(C(C)=O)c2nc(COC(=O)c3cc(OC)c(OC)c(OC)c3)cs2)cc1. The highest BCUT2D eigenvalue weighted by atomic mass is 32.1. The van der Waals surface area contributed by atoms with E-state index in [1.54, 1.807) is 5.38 Å². The molecular formula is C24H26N2O6S. The lowest BCUT2D eigenvalue weighted by Crippen LogP contribution is -2.22. The van der Waals surface area contributed by atoms with Crippen LogP contribution in [-0.2, 0) is 22.6 Å². The first-order chi connectivity index (χ1) is 15.9. The van der Waals surface area contributed by atoms with Gasteiger partial charge >= 0.3 is 5.97 Å². The quantitative estimate of drug-likeness (QED) is 0.416. The molecule has 1 heterocycles. The molecule has 0 bridgehead atoms. The monoisotopic (exact) mass is 470 g/mol. The number of amides is 1. The van der Waals surface area contributed by atoms with Gasteiger partial charge in [-0.05, 0) is 36.2 Å². The van der Waals surface area contributed by atoms with E-state index in [1.165, 1.54) is 62.2 Å². The maximum Gasteiger partial charge on any atom is 0.338 e. The molecule has 1 aromatic heterocycles. The number of carbonyl (C=O) groups is 2. The fraction of sp³-hybridized carbons (Fsp3) is 0.292. The van der Waals surface area contributed by atoms with E-state index in [0.29, 0.717) is 28.1 Å². The standard InChI is InChI=1S/C24H26N2O6S/c1-6-16-7-9-19(10-8-16)26(15(2)27)24-25-18(14-33-24)13-32-23(28)17-11-20(29-3)22(31-5)21(12-17)30-4/h7-12,14H,6,13H2,1-5H3. The summed E-state index contributed by atoms with van der Waals surface area (Å²) in [5.74, 6) is 0.366. The van der Waals surface area contributed by atoms with Gasteiger partial charge in [-0.2, -0.15) is 0 Å². The van der Waals surface area contributed by atoms with Crippen molar-refractivity contribution in [3.8, 4) is 17.2 Å². The summed E-state index contributed by atoms with van der Waals surface area (Å²) in [7, 11) is 4.43. The Morgan fingerprint density at radius 3 is 2.15 bits per heavy atom. The van der Waals surface area contributed by atoms with E-state index < -0.39 is 5.97 Å². The van der Waals surface area contributed by atoms with Gasteiger partial charge in [0.2, 0.25) is 11.7 Å². The van der Waals surface area contributed by atoms with Gasteiger partial charge in [-0.15, -0.1) is 11.3 Å². The van der Waals surface area contributed by atoms with Crippen LogP contribution in [0.1, 0.15) is 35.5 Å². The Bertz CT molecular complexity index is 1100. The fourth-order valence-corrected chi connectivity index (χ4v) is 4.07. The molecule has 0 spiro atoms. The highest BCUT2D eigenvalue weighted by molar-refractivity contribution is 7.14. The third kappa shape index (κ3) is 5.43. The highest BCUT2D eigenvalue weighted by Crippen LogP contribution is 2.38.